The summed E-state index contributed by atoms with van der Waals surface area (Å²) in [6.07, 6.45) is 8.50. The molecule has 0 amide bonds. The monoisotopic (exact) mass is 1160 g/mol. The molecule has 5 heteroatoms. The molecule has 0 bridgehead atoms. The molecule has 4 nitrogen and oxygen atoms in total. The molecule has 11 rings (SSSR count). The first-order valence-corrected chi connectivity index (χ1v) is 25.4. The van der Waals surface area contributed by atoms with Crippen molar-refractivity contribution in [3.8, 4) is 95.5 Å². The van der Waals surface area contributed by atoms with Crippen LogP contribution in [-0.4, -0.2) is 15.0 Å². The smallest absolute Gasteiger partial charge is 0.305 e. The molecule has 0 aliphatic carbocycles. The molecule has 0 aliphatic heterocycles. The Balaban J connectivity index is 0.00000704. The van der Waals surface area contributed by atoms with Gasteiger partial charge in [0, 0.05) is 22.7 Å². The van der Waals surface area contributed by atoms with E-state index in [1.165, 1.54) is 28.5 Å². The first kappa shape index (κ1) is 47.1. The maximum absolute atomic E-state index is 9.48. The Kier molecular flexibility index (Phi) is 14.4. The van der Waals surface area contributed by atoms with Crippen LogP contribution >= 0.6 is 0 Å². The molecule has 8 aromatic carbocycles. The van der Waals surface area contributed by atoms with Gasteiger partial charge in [0.25, 0.3) is 0 Å². The van der Waals surface area contributed by atoms with Gasteiger partial charge in [-0.25, -0.2) is 0 Å². The van der Waals surface area contributed by atoms with Crippen LogP contribution in [0, 0.1) is 50.2 Å². The Hall–Kier alpha value is -8.65. The van der Waals surface area contributed by atoms with Gasteiger partial charge in [-0.15, -0.1) is 94.5 Å². The maximum Gasteiger partial charge on any atom is 3.00 e. The van der Waals surface area contributed by atoms with E-state index in [4.69, 9.17) is 9.10 Å². The number of nitrogens with zero attached hydrogens (tertiary/aromatic N) is 4. The second-order valence-corrected chi connectivity index (χ2v) is 19.1. The van der Waals surface area contributed by atoms with Crippen molar-refractivity contribution in [1.82, 2.24) is 15.0 Å². The van der Waals surface area contributed by atoms with Crippen LogP contribution in [0.2, 0.25) is 0 Å². The zero-order chi connectivity index (χ0) is 53.6. The average Bonchev–Trinajstić information content (AvgIpc) is 3.57. The van der Waals surface area contributed by atoms with Crippen molar-refractivity contribution >= 4 is 0 Å². The summed E-state index contributed by atoms with van der Waals surface area (Å²) < 4.78 is 25.6. The number of pyridine rings is 3. The molecule has 0 unspecified atom stereocenters. The van der Waals surface area contributed by atoms with Crippen molar-refractivity contribution in [1.29, 1.82) is 5.26 Å². The quantitative estimate of drug-likeness (QED) is 0.102. The molecular weight excluding hydrogens is 1100 g/mol. The fourth-order valence-corrected chi connectivity index (χ4v) is 10.1. The second-order valence-electron chi connectivity index (χ2n) is 19.1. The zero-order valence-corrected chi connectivity index (χ0v) is 44.6. The predicted molar refractivity (Wildman–Crippen MR) is 306 cm³/mol. The van der Waals surface area contributed by atoms with Crippen LogP contribution in [0.15, 0.2) is 219 Å². The summed E-state index contributed by atoms with van der Waals surface area (Å²) in [5.41, 5.74) is 22.7. The molecule has 0 atom stereocenters. The summed E-state index contributed by atoms with van der Waals surface area (Å²) in [6.45, 7) is 1.66. The van der Waals surface area contributed by atoms with Crippen LogP contribution in [0.3, 0.4) is 0 Å². The Labute approximate surface area is 465 Å². The number of hydrogen-bond acceptors (Lipinski definition) is 4. The van der Waals surface area contributed by atoms with E-state index in [1.54, 1.807) is 0 Å². The predicted octanol–water partition coefficient (Wildman–Crippen LogP) is 17.0. The topological polar surface area (TPSA) is 62.5 Å². The van der Waals surface area contributed by atoms with Crippen LogP contribution in [0.25, 0.3) is 89.4 Å². The number of aromatic nitrogens is 3. The van der Waals surface area contributed by atoms with E-state index in [0.29, 0.717) is 16.8 Å². The van der Waals surface area contributed by atoms with E-state index < -0.39 is 6.85 Å². The van der Waals surface area contributed by atoms with Gasteiger partial charge >= 0.3 is 20.1 Å². The molecule has 0 fully saturated rings. The third kappa shape index (κ3) is 11.4. The summed E-state index contributed by atoms with van der Waals surface area (Å²) in [5, 5.41) is 9.48. The van der Waals surface area contributed by atoms with Gasteiger partial charge in [-0.3, -0.25) is 0 Å². The van der Waals surface area contributed by atoms with Crippen LogP contribution in [0.5, 0.6) is 0 Å². The second kappa shape index (κ2) is 23.3. The van der Waals surface area contributed by atoms with Crippen LogP contribution in [0.4, 0.5) is 0 Å². The fraction of sp³-hybridized carbons (Fsp3) is 0.0986. The van der Waals surface area contributed by atoms with Crippen molar-refractivity contribution in [2.45, 2.75) is 46.4 Å². The van der Waals surface area contributed by atoms with E-state index in [9.17, 15) is 5.26 Å². The van der Waals surface area contributed by atoms with Gasteiger partial charge in [-0.05, 0) is 142 Å². The molecule has 0 saturated heterocycles. The SMILES string of the molecule is [2H]C([2H])([2H])c1cnc(-c2[c-]cc(-c3ccccc3-c3cc(CCc4c[c-]c(-c5ccccn5)cc4)cc(CCc4c[c-]c(-c5ccccn5)cc4)c3)c(-c3ccc(-c4ccc(C#N)cc4)cc3)c2)cc1-c1c(C)cccc1C.[Ir+3]. The molecule has 0 radical (unpaired) electrons. The number of rotatable bonds is 14. The van der Waals surface area contributed by atoms with E-state index in [1.807, 2.05) is 111 Å². The minimum absolute atomic E-state index is 0. The largest absolute Gasteiger partial charge is 3.00 e. The van der Waals surface area contributed by atoms with Crippen molar-refractivity contribution in [2.24, 2.45) is 0 Å². The number of hydrogen-bond donors (Lipinski definition) is 0. The van der Waals surface area contributed by atoms with Crippen molar-refractivity contribution < 1.29 is 24.2 Å². The summed E-state index contributed by atoms with van der Waals surface area (Å²) in [5.74, 6) is 0. The number of benzene rings is 8. The minimum Gasteiger partial charge on any atom is -0.305 e. The summed E-state index contributed by atoms with van der Waals surface area (Å²) in [4.78, 5) is 13.9. The summed E-state index contributed by atoms with van der Waals surface area (Å²) in [7, 11) is 0. The zero-order valence-electron chi connectivity index (χ0n) is 45.2. The molecule has 0 spiro atoms. The van der Waals surface area contributed by atoms with Gasteiger partial charge in [-0.1, -0.05) is 157 Å². The average molecular weight is 1160 g/mol. The molecular formula is C71H53IrN4. The molecule has 3 heterocycles. The third-order valence-electron chi connectivity index (χ3n) is 14.0. The van der Waals surface area contributed by atoms with Gasteiger partial charge in [0.05, 0.1) is 11.6 Å². The van der Waals surface area contributed by atoms with Gasteiger partial charge in [0.2, 0.25) is 0 Å². The van der Waals surface area contributed by atoms with Crippen LogP contribution in [0.1, 0.15) is 48.6 Å². The van der Waals surface area contributed by atoms with E-state index in [2.05, 4.69) is 149 Å². The first-order valence-electron chi connectivity index (χ1n) is 26.9. The minimum atomic E-state index is -2.37. The standard InChI is InChI=1S/C71H53N4.Ir/c1-48-11-10-12-49(2)71(48)66-45-70(75-47-50(66)3)61-37-38-65(67(44-61)58-35-33-57(34-36-58)56-27-25-53(46-72)26-28-56)64-14-5-4-13-63(64)62-42-54(19-17-51-21-29-59(30-22-51)68-15-6-8-39-73-68)41-55(43-62)20-18-52-23-31-60(32-24-52)69-16-7-9-40-74-69;/h4-16,21-29,31,33-36,38-45,47H,17-20H2,1-3H3;/q-3;+3/i3D3;. The van der Waals surface area contributed by atoms with Crippen molar-refractivity contribution in [3.63, 3.8) is 0 Å². The molecule has 0 aliphatic rings. The normalized spacial score (nSPS) is 11.7. The Morgan fingerprint density at radius 1 is 0.421 bits per heavy atom. The summed E-state index contributed by atoms with van der Waals surface area (Å²) in [6, 6.07) is 81.5. The third-order valence-corrected chi connectivity index (χ3v) is 14.0. The van der Waals surface area contributed by atoms with Crippen LogP contribution < -0.4 is 0 Å². The number of nitriles is 1. The molecule has 11 aromatic rings. The van der Waals surface area contributed by atoms with Crippen LogP contribution in [-0.2, 0) is 45.8 Å². The van der Waals surface area contributed by atoms with Crippen molar-refractivity contribution in [3.05, 3.63) is 281 Å². The Morgan fingerprint density at radius 3 is 1.53 bits per heavy atom. The maximum atomic E-state index is 9.48. The van der Waals surface area contributed by atoms with E-state index in [-0.39, 0.29) is 25.7 Å². The molecule has 76 heavy (non-hydrogen) atoms. The number of aryl methyl sites for hydroxylation is 7. The van der Waals surface area contributed by atoms with Gasteiger partial charge in [-0.2, -0.15) is 5.26 Å². The molecule has 366 valence electrons. The van der Waals surface area contributed by atoms with Crippen molar-refractivity contribution in [2.75, 3.05) is 0 Å². The molecule has 0 saturated carbocycles. The Morgan fingerprint density at radius 2 is 0.974 bits per heavy atom. The van der Waals surface area contributed by atoms with Gasteiger partial charge < -0.3 is 15.0 Å². The van der Waals surface area contributed by atoms with Gasteiger partial charge in [0.15, 0.2) is 0 Å². The van der Waals surface area contributed by atoms with Gasteiger partial charge in [0.1, 0.15) is 0 Å². The molecule has 0 N–H and O–H groups in total. The first-order chi connectivity index (χ1) is 38.0. The molecule has 3 aromatic heterocycles. The van der Waals surface area contributed by atoms with E-state index >= 15 is 0 Å². The van der Waals surface area contributed by atoms with E-state index in [0.717, 1.165) is 115 Å². The summed E-state index contributed by atoms with van der Waals surface area (Å²) >= 11 is 0. The Bertz CT molecular complexity index is 3820. The fourth-order valence-electron chi connectivity index (χ4n) is 10.1.